The van der Waals surface area contributed by atoms with Crippen LogP contribution in [0.25, 0.3) is 0 Å². The van der Waals surface area contributed by atoms with Crippen LogP contribution in [-0.4, -0.2) is 58.1 Å². The molecule has 0 spiro atoms. The predicted molar refractivity (Wildman–Crippen MR) is 67.8 cm³/mol. The molecule has 1 fully saturated rings. The fraction of sp³-hybridized carbons (Fsp3) is 0.538. The molecule has 18 heavy (non-hydrogen) atoms. The van der Waals surface area contributed by atoms with Gasteiger partial charge in [-0.3, -0.25) is 14.7 Å². The number of piperazine rings is 1. The highest BCUT2D eigenvalue weighted by Crippen LogP contribution is 2.17. The SMILES string of the molecule is CC1CN(Cc2ccccn2)C(CO)C(=O)N1C. The standard InChI is InChI=1S/C13H19N3O2/c1-10-7-16(8-11-5-3-4-6-14-11)12(9-17)13(18)15(10)2/h3-6,10,12,17H,7-9H2,1-2H3. The minimum atomic E-state index is -0.451. The van der Waals surface area contributed by atoms with Gasteiger partial charge in [0.15, 0.2) is 0 Å². The van der Waals surface area contributed by atoms with E-state index < -0.39 is 6.04 Å². The maximum absolute atomic E-state index is 12.1. The summed E-state index contributed by atoms with van der Waals surface area (Å²) in [5, 5.41) is 9.40. The summed E-state index contributed by atoms with van der Waals surface area (Å²) in [4.78, 5) is 20.0. The summed E-state index contributed by atoms with van der Waals surface area (Å²) in [6.45, 7) is 3.21. The molecule has 2 atom stereocenters. The van der Waals surface area contributed by atoms with Crippen LogP contribution in [0.4, 0.5) is 0 Å². The summed E-state index contributed by atoms with van der Waals surface area (Å²) in [7, 11) is 1.79. The molecule has 0 bridgehead atoms. The second kappa shape index (κ2) is 5.46. The maximum Gasteiger partial charge on any atom is 0.242 e. The average Bonchev–Trinajstić information content (AvgIpc) is 2.38. The van der Waals surface area contributed by atoms with E-state index in [1.165, 1.54) is 0 Å². The van der Waals surface area contributed by atoms with Crippen molar-refractivity contribution in [2.45, 2.75) is 25.6 Å². The zero-order valence-corrected chi connectivity index (χ0v) is 10.8. The zero-order valence-electron chi connectivity index (χ0n) is 10.8. The fourth-order valence-electron chi connectivity index (χ4n) is 2.27. The Morgan fingerprint density at radius 1 is 1.50 bits per heavy atom. The van der Waals surface area contributed by atoms with Crippen LogP contribution in [-0.2, 0) is 11.3 Å². The molecular formula is C13H19N3O2. The van der Waals surface area contributed by atoms with Gasteiger partial charge in [0, 0.05) is 32.4 Å². The normalized spacial score (nSPS) is 25.5. The van der Waals surface area contributed by atoms with Crippen LogP contribution in [0.3, 0.4) is 0 Å². The quantitative estimate of drug-likeness (QED) is 0.826. The van der Waals surface area contributed by atoms with Gasteiger partial charge in [0.05, 0.1) is 12.3 Å². The Hall–Kier alpha value is -1.46. The molecule has 0 aliphatic carbocycles. The van der Waals surface area contributed by atoms with Gasteiger partial charge >= 0.3 is 0 Å². The first kappa shape index (κ1) is 13.0. The monoisotopic (exact) mass is 249 g/mol. The van der Waals surface area contributed by atoms with E-state index in [1.54, 1.807) is 18.1 Å². The van der Waals surface area contributed by atoms with Crippen molar-refractivity contribution in [3.8, 4) is 0 Å². The van der Waals surface area contributed by atoms with Crippen molar-refractivity contribution < 1.29 is 9.90 Å². The first-order chi connectivity index (χ1) is 8.63. The first-order valence-electron chi connectivity index (χ1n) is 6.15. The van der Waals surface area contributed by atoms with E-state index in [0.29, 0.717) is 6.54 Å². The summed E-state index contributed by atoms with van der Waals surface area (Å²) >= 11 is 0. The van der Waals surface area contributed by atoms with Crippen LogP contribution in [0.15, 0.2) is 24.4 Å². The van der Waals surface area contributed by atoms with E-state index in [2.05, 4.69) is 4.98 Å². The lowest BCUT2D eigenvalue weighted by atomic mass is 10.1. The Morgan fingerprint density at radius 3 is 2.89 bits per heavy atom. The van der Waals surface area contributed by atoms with Gasteiger partial charge < -0.3 is 10.0 Å². The number of aliphatic hydroxyl groups is 1. The van der Waals surface area contributed by atoms with Crippen LogP contribution in [0.5, 0.6) is 0 Å². The summed E-state index contributed by atoms with van der Waals surface area (Å²) in [5.74, 6) is -0.0211. The second-order valence-corrected chi connectivity index (χ2v) is 4.75. The molecule has 1 saturated heterocycles. The van der Waals surface area contributed by atoms with Crippen LogP contribution in [0, 0.1) is 0 Å². The molecule has 2 heterocycles. The van der Waals surface area contributed by atoms with Crippen LogP contribution in [0.1, 0.15) is 12.6 Å². The van der Waals surface area contributed by atoms with Gasteiger partial charge in [-0.05, 0) is 19.1 Å². The van der Waals surface area contributed by atoms with Crippen LogP contribution < -0.4 is 0 Å². The second-order valence-electron chi connectivity index (χ2n) is 4.75. The summed E-state index contributed by atoms with van der Waals surface area (Å²) < 4.78 is 0. The molecule has 1 aliphatic heterocycles. The highest BCUT2D eigenvalue weighted by atomic mass is 16.3. The number of carbonyl (C=O) groups is 1. The zero-order chi connectivity index (χ0) is 13.1. The van der Waals surface area contributed by atoms with Gasteiger partial charge in [0.1, 0.15) is 6.04 Å². The van der Waals surface area contributed by atoms with Gasteiger partial charge in [-0.2, -0.15) is 0 Å². The summed E-state index contributed by atoms with van der Waals surface area (Å²) in [6.07, 6.45) is 1.74. The number of aromatic nitrogens is 1. The van der Waals surface area contributed by atoms with Crippen molar-refractivity contribution in [2.75, 3.05) is 20.2 Å². The van der Waals surface area contributed by atoms with E-state index in [4.69, 9.17) is 0 Å². The van der Waals surface area contributed by atoms with Gasteiger partial charge in [0.2, 0.25) is 5.91 Å². The van der Waals surface area contributed by atoms with E-state index in [1.807, 2.05) is 30.0 Å². The molecule has 0 aromatic carbocycles. The van der Waals surface area contributed by atoms with E-state index in [0.717, 1.165) is 12.2 Å². The average molecular weight is 249 g/mol. The smallest absolute Gasteiger partial charge is 0.242 e. The maximum atomic E-state index is 12.1. The Balaban J connectivity index is 2.13. The van der Waals surface area contributed by atoms with Crippen molar-refractivity contribution in [2.24, 2.45) is 0 Å². The predicted octanol–water partition coefficient (Wildman–Crippen LogP) is 0.105. The number of pyridine rings is 1. The molecule has 1 N–H and O–H groups in total. The minimum Gasteiger partial charge on any atom is -0.394 e. The minimum absolute atomic E-state index is 0.0211. The molecular weight excluding hydrogens is 230 g/mol. The highest BCUT2D eigenvalue weighted by molar-refractivity contribution is 5.82. The van der Waals surface area contributed by atoms with E-state index >= 15 is 0 Å². The molecule has 1 aliphatic rings. The molecule has 98 valence electrons. The Bertz CT molecular complexity index is 410. The van der Waals surface area contributed by atoms with Crippen molar-refractivity contribution in [1.82, 2.24) is 14.8 Å². The number of hydrogen-bond donors (Lipinski definition) is 1. The summed E-state index contributed by atoms with van der Waals surface area (Å²) in [5.41, 5.74) is 0.917. The molecule has 0 radical (unpaired) electrons. The lowest BCUT2D eigenvalue weighted by Gasteiger charge is -2.42. The lowest BCUT2D eigenvalue weighted by molar-refractivity contribution is -0.145. The van der Waals surface area contributed by atoms with E-state index in [-0.39, 0.29) is 18.6 Å². The molecule has 2 unspecified atom stereocenters. The number of likely N-dealkylation sites (N-methyl/N-ethyl adjacent to an activating group) is 1. The number of carbonyl (C=O) groups excluding carboxylic acids is 1. The van der Waals surface area contributed by atoms with Crippen molar-refractivity contribution in [3.63, 3.8) is 0 Å². The van der Waals surface area contributed by atoms with Crippen molar-refractivity contribution >= 4 is 5.91 Å². The lowest BCUT2D eigenvalue weighted by Crippen LogP contribution is -2.60. The topological polar surface area (TPSA) is 56.7 Å². The van der Waals surface area contributed by atoms with E-state index in [9.17, 15) is 9.90 Å². The molecule has 5 heteroatoms. The third-order valence-corrected chi connectivity index (χ3v) is 3.50. The van der Waals surface area contributed by atoms with Crippen LogP contribution in [0.2, 0.25) is 0 Å². The first-order valence-corrected chi connectivity index (χ1v) is 6.15. The molecule has 5 nitrogen and oxygen atoms in total. The molecule has 2 rings (SSSR count). The van der Waals surface area contributed by atoms with Gasteiger partial charge in [-0.1, -0.05) is 6.07 Å². The Morgan fingerprint density at radius 2 is 2.28 bits per heavy atom. The highest BCUT2D eigenvalue weighted by Gasteiger charge is 2.36. The van der Waals surface area contributed by atoms with Crippen molar-refractivity contribution in [3.05, 3.63) is 30.1 Å². The third kappa shape index (κ3) is 2.52. The van der Waals surface area contributed by atoms with Gasteiger partial charge in [-0.15, -0.1) is 0 Å². The van der Waals surface area contributed by atoms with Crippen molar-refractivity contribution in [1.29, 1.82) is 0 Å². The number of rotatable bonds is 3. The largest absolute Gasteiger partial charge is 0.394 e. The van der Waals surface area contributed by atoms with Crippen LogP contribution >= 0.6 is 0 Å². The number of nitrogens with zero attached hydrogens (tertiary/aromatic N) is 3. The molecule has 1 aromatic heterocycles. The molecule has 0 saturated carbocycles. The Kier molecular flexibility index (Phi) is 3.93. The van der Waals surface area contributed by atoms with Gasteiger partial charge in [-0.25, -0.2) is 0 Å². The number of hydrogen-bond acceptors (Lipinski definition) is 4. The Labute approximate surface area is 107 Å². The number of aliphatic hydroxyl groups excluding tert-OH is 1. The third-order valence-electron chi connectivity index (χ3n) is 3.50. The number of amides is 1. The molecule has 1 amide bonds. The summed E-state index contributed by atoms with van der Waals surface area (Å²) in [6, 6.07) is 5.43. The molecule has 1 aromatic rings. The fourth-order valence-corrected chi connectivity index (χ4v) is 2.27. The van der Waals surface area contributed by atoms with Gasteiger partial charge in [0.25, 0.3) is 0 Å².